The third-order valence-electron chi connectivity index (χ3n) is 7.49. The van der Waals surface area contributed by atoms with Crippen molar-refractivity contribution in [2.45, 2.75) is 44.7 Å². The van der Waals surface area contributed by atoms with Crippen molar-refractivity contribution < 1.29 is 24.1 Å². The van der Waals surface area contributed by atoms with Crippen LogP contribution < -0.4 is 10.1 Å². The van der Waals surface area contributed by atoms with Gasteiger partial charge in [-0.05, 0) is 70.3 Å². The molecule has 0 saturated carbocycles. The lowest BCUT2D eigenvalue weighted by atomic mass is 9.87. The molecule has 4 aromatic carbocycles. The number of ether oxygens (including phenoxy) is 4. The second-order valence-corrected chi connectivity index (χ2v) is 10.6. The van der Waals surface area contributed by atoms with E-state index >= 15 is 0 Å². The standard InChI is InChI=1S/C35H41NO5/c37-17-20-39-25-28-7-9-30-10-8-29(22-32(30)21-28)26-41-35-23-36-16-15-34(35)31-11-13-33(14-12-31)40-19-4-18-38-24-27-5-2-1-3-6-27/h1-3,5-14,21-22,34-37H,4,15-20,23-26H2/t34-,35-/m0/s1. The lowest BCUT2D eigenvalue weighted by Gasteiger charge is -2.32. The van der Waals surface area contributed by atoms with Crippen molar-refractivity contribution in [2.75, 3.05) is 39.5 Å². The lowest BCUT2D eigenvalue weighted by Crippen LogP contribution is -2.40. The number of aliphatic hydroxyl groups excluding tert-OH is 1. The molecule has 0 aliphatic carbocycles. The van der Waals surface area contributed by atoms with Gasteiger partial charge in [0.1, 0.15) is 5.75 Å². The van der Waals surface area contributed by atoms with Crippen LogP contribution in [0.5, 0.6) is 5.75 Å². The molecular weight excluding hydrogens is 514 g/mol. The Hall–Kier alpha value is -3.26. The maximum Gasteiger partial charge on any atom is 0.119 e. The molecule has 1 fully saturated rings. The van der Waals surface area contributed by atoms with Gasteiger partial charge in [-0.1, -0.05) is 66.7 Å². The Morgan fingerprint density at radius 2 is 1.44 bits per heavy atom. The molecular formula is C35H41NO5. The summed E-state index contributed by atoms with van der Waals surface area (Å²) in [5.41, 5.74) is 4.74. The number of rotatable bonds is 15. The van der Waals surface area contributed by atoms with Crippen LogP contribution in [0.1, 0.15) is 41.0 Å². The fourth-order valence-electron chi connectivity index (χ4n) is 5.30. The van der Waals surface area contributed by atoms with E-state index in [-0.39, 0.29) is 12.7 Å². The first-order valence-electron chi connectivity index (χ1n) is 14.7. The summed E-state index contributed by atoms with van der Waals surface area (Å²) in [6, 6.07) is 31.6. The number of benzene rings is 4. The van der Waals surface area contributed by atoms with Gasteiger partial charge in [0.25, 0.3) is 0 Å². The molecule has 5 rings (SSSR count). The summed E-state index contributed by atoms with van der Waals surface area (Å²) < 4.78 is 23.7. The second-order valence-electron chi connectivity index (χ2n) is 10.6. The van der Waals surface area contributed by atoms with Crippen molar-refractivity contribution in [1.29, 1.82) is 0 Å². The molecule has 1 saturated heterocycles. The molecule has 2 N–H and O–H groups in total. The van der Waals surface area contributed by atoms with E-state index in [0.29, 0.717) is 45.6 Å². The second kappa shape index (κ2) is 15.7. The Labute approximate surface area is 243 Å². The summed E-state index contributed by atoms with van der Waals surface area (Å²) in [6.45, 7) is 5.23. The topological polar surface area (TPSA) is 69.2 Å². The molecule has 0 unspecified atom stereocenters. The molecule has 0 amide bonds. The lowest BCUT2D eigenvalue weighted by molar-refractivity contribution is 0.0106. The molecule has 2 atom stereocenters. The summed E-state index contributed by atoms with van der Waals surface area (Å²) in [4.78, 5) is 0. The van der Waals surface area contributed by atoms with Crippen molar-refractivity contribution in [1.82, 2.24) is 5.32 Å². The predicted octanol–water partition coefficient (Wildman–Crippen LogP) is 6.00. The zero-order chi connectivity index (χ0) is 28.1. The van der Waals surface area contributed by atoms with Crippen molar-refractivity contribution in [3.63, 3.8) is 0 Å². The van der Waals surface area contributed by atoms with Gasteiger partial charge in [0.2, 0.25) is 0 Å². The molecule has 0 aromatic heterocycles. The molecule has 41 heavy (non-hydrogen) atoms. The average molecular weight is 556 g/mol. The summed E-state index contributed by atoms with van der Waals surface area (Å²) in [5, 5.41) is 14.8. The first kappa shape index (κ1) is 29.2. The number of hydrogen-bond donors (Lipinski definition) is 2. The molecule has 0 spiro atoms. The Bertz CT molecular complexity index is 1330. The van der Waals surface area contributed by atoms with E-state index < -0.39 is 0 Å². The molecule has 216 valence electrons. The molecule has 0 bridgehead atoms. The predicted molar refractivity (Wildman–Crippen MR) is 162 cm³/mol. The highest BCUT2D eigenvalue weighted by molar-refractivity contribution is 5.83. The number of hydrogen-bond acceptors (Lipinski definition) is 6. The highest BCUT2D eigenvalue weighted by Gasteiger charge is 2.27. The zero-order valence-corrected chi connectivity index (χ0v) is 23.7. The van der Waals surface area contributed by atoms with Gasteiger partial charge < -0.3 is 29.4 Å². The first-order chi connectivity index (χ1) is 20.3. The van der Waals surface area contributed by atoms with Crippen LogP contribution >= 0.6 is 0 Å². The molecule has 6 nitrogen and oxygen atoms in total. The minimum atomic E-state index is 0.0375. The fourth-order valence-corrected chi connectivity index (χ4v) is 5.30. The quantitative estimate of drug-likeness (QED) is 0.176. The van der Waals surface area contributed by atoms with Crippen LogP contribution in [0.25, 0.3) is 10.8 Å². The largest absolute Gasteiger partial charge is 0.494 e. The number of piperidine rings is 1. The van der Waals surface area contributed by atoms with E-state index in [1.807, 2.05) is 18.2 Å². The van der Waals surface area contributed by atoms with Crippen LogP contribution in [0.2, 0.25) is 0 Å². The van der Waals surface area contributed by atoms with E-state index in [1.165, 1.54) is 21.9 Å². The number of nitrogens with one attached hydrogen (secondary N) is 1. The van der Waals surface area contributed by atoms with E-state index in [9.17, 15) is 0 Å². The van der Waals surface area contributed by atoms with Crippen LogP contribution in [-0.4, -0.2) is 50.7 Å². The Balaban J connectivity index is 1.10. The van der Waals surface area contributed by atoms with Gasteiger partial charge in [-0.25, -0.2) is 0 Å². The van der Waals surface area contributed by atoms with Crippen LogP contribution in [0.15, 0.2) is 91.0 Å². The van der Waals surface area contributed by atoms with Crippen molar-refractivity contribution >= 4 is 10.8 Å². The monoisotopic (exact) mass is 555 g/mol. The maximum absolute atomic E-state index is 8.95. The minimum Gasteiger partial charge on any atom is -0.494 e. The molecule has 1 heterocycles. The molecule has 1 aliphatic heterocycles. The highest BCUT2D eigenvalue weighted by Crippen LogP contribution is 2.30. The zero-order valence-electron chi connectivity index (χ0n) is 23.7. The normalized spacial score (nSPS) is 17.1. The van der Waals surface area contributed by atoms with Gasteiger partial charge in [-0.3, -0.25) is 0 Å². The van der Waals surface area contributed by atoms with E-state index in [4.69, 9.17) is 24.1 Å². The number of aliphatic hydroxyl groups is 1. The maximum atomic E-state index is 8.95. The van der Waals surface area contributed by atoms with Crippen LogP contribution in [0, 0.1) is 0 Å². The van der Waals surface area contributed by atoms with Gasteiger partial charge in [0, 0.05) is 18.9 Å². The van der Waals surface area contributed by atoms with Gasteiger partial charge in [-0.2, -0.15) is 0 Å². The summed E-state index contributed by atoms with van der Waals surface area (Å²) in [5.74, 6) is 1.23. The smallest absolute Gasteiger partial charge is 0.119 e. The van der Waals surface area contributed by atoms with E-state index in [2.05, 4.69) is 78.1 Å². The van der Waals surface area contributed by atoms with Crippen LogP contribution in [-0.2, 0) is 34.0 Å². The molecule has 0 radical (unpaired) electrons. The third-order valence-corrected chi connectivity index (χ3v) is 7.49. The molecule has 1 aliphatic rings. The highest BCUT2D eigenvalue weighted by atomic mass is 16.5. The third kappa shape index (κ3) is 8.86. The Morgan fingerprint density at radius 3 is 2.22 bits per heavy atom. The Kier molecular flexibility index (Phi) is 11.2. The fraction of sp³-hybridized carbons (Fsp3) is 0.371. The average Bonchev–Trinajstić information content (AvgIpc) is 3.02. The van der Waals surface area contributed by atoms with E-state index in [1.54, 1.807) is 0 Å². The SMILES string of the molecule is OCCOCc1ccc2ccc(CO[C@H]3CNCC[C@H]3c3ccc(OCCCOCc4ccccc4)cc3)cc2c1. The van der Waals surface area contributed by atoms with Crippen molar-refractivity contribution in [2.24, 2.45) is 0 Å². The van der Waals surface area contributed by atoms with Gasteiger partial charge in [0.15, 0.2) is 0 Å². The van der Waals surface area contributed by atoms with Crippen LogP contribution in [0.4, 0.5) is 0 Å². The van der Waals surface area contributed by atoms with Crippen molar-refractivity contribution in [3.8, 4) is 5.75 Å². The number of fused-ring (bicyclic) bond motifs is 1. The summed E-state index contributed by atoms with van der Waals surface area (Å²) in [7, 11) is 0. The molecule has 6 heteroatoms. The molecule has 4 aromatic rings. The van der Waals surface area contributed by atoms with Crippen LogP contribution in [0.3, 0.4) is 0 Å². The first-order valence-corrected chi connectivity index (χ1v) is 14.7. The van der Waals surface area contributed by atoms with Gasteiger partial charge >= 0.3 is 0 Å². The van der Waals surface area contributed by atoms with Gasteiger partial charge in [0.05, 0.1) is 52.4 Å². The summed E-state index contributed by atoms with van der Waals surface area (Å²) >= 11 is 0. The minimum absolute atomic E-state index is 0.0375. The van der Waals surface area contributed by atoms with Crippen molar-refractivity contribution in [3.05, 3.63) is 113 Å². The van der Waals surface area contributed by atoms with Gasteiger partial charge in [-0.15, -0.1) is 0 Å². The summed E-state index contributed by atoms with van der Waals surface area (Å²) in [6.07, 6.45) is 2.00. The Morgan fingerprint density at radius 1 is 0.707 bits per heavy atom. The van der Waals surface area contributed by atoms with E-state index in [0.717, 1.165) is 42.8 Å².